The van der Waals surface area contributed by atoms with Gasteiger partial charge in [0.05, 0.1) is 11.4 Å². The maximum atomic E-state index is 10.1. The minimum Gasteiger partial charge on any atom is -0.211 e. The zero-order valence-electron chi connectivity index (χ0n) is 16.7. The van der Waals surface area contributed by atoms with Crippen LogP contribution in [0.25, 0.3) is 0 Å². The fourth-order valence-electron chi connectivity index (χ4n) is 2.62. The second-order valence-corrected chi connectivity index (χ2v) is 6.14. The van der Waals surface area contributed by atoms with E-state index in [1.54, 1.807) is 48.5 Å². The largest absolute Gasteiger partial charge is 0.240 e. The molecule has 0 aliphatic carbocycles. The van der Waals surface area contributed by atoms with Gasteiger partial charge >= 0.3 is 0 Å². The first-order valence-electron chi connectivity index (χ1n) is 9.22. The molecule has 0 unspecified atom stereocenters. The maximum Gasteiger partial charge on any atom is 0.240 e. The summed E-state index contributed by atoms with van der Waals surface area (Å²) < 4.78 is 0. The molecule has 0 radical (unpaired) electrons. The summed E-state index contributed by atoms with van der Waals surface area (Å²) in [4.78, 5) is 53.9. The molecule has 0 amide bonds. The van der Waals surface area contributed by atoms with Gasteiger partial charge in [0.2, 0.25) is 24.3 Å². The SMILES string of the molecule is O=C=NC(N=C=O)c1ccccc1.O=C=Nc1ccc(Cc2ccc(N=C=O)cc2)cc1. The Kier molecular flexibility index (Phi) is 9.83. The fraction of sp³-hybridized carbons (Fsp3) is 0.0833. The van der Waals surface area contributed by atoms with Gasteiger partial charge in [0.1, 0.15) is 0 Å². The molecule has 8 nitrogen and oxygen atoms in total. The van der Waals surface area contributed by atoms with E-state index in [2.05, 4.69) is 20.0 Å². The van der Waals surface area contributed by atoms with Crippen molar-refractivity contribution in [1.82, 2.24) is 0 Å². The van der Waals surface area contributed by atoms with Crippen LogP contribution in [0.3, 0.4) is 0 Å². The smallest absolute Gasteiger partial charge is 0.211 e. The van der Waals surface area contributed by atoms with Crippen molar-refractivity contribution in [1.29, 1.82) is 0 Å². The van der Waals surface area contributed by atoms with Crippen LogP contribution in [0.5, 0.6) is 0 Å². The minimum atomic E-state index is -0.809. The molecule has 0 atom stereocenters. The van der Waals surface area contributed by atoms with Gasteiger partial charge in [-0.1, -0.05) is 54.6 Å². The number of hydrogen-bond acceptors (Lipinski definition) is 8. The number of carbonyl (C=O) groups excluding carboxylic acids is 4. The van der Waals surface area contributed by atoms with Crippen LogP contribution in [0, 0.1) is 0 Å². The van der Waals surface area contributed by atoms with E-state index >= 15 is 0 Å². The summed E-state index contributed by atoms with van der Waals surface area (Å²) in [6, 6.07) is 23.5. The first kappa shape index (κ1) is 23.5. The zero-order chi connectivity index (χ0) is 23.0. The Morgan fingerprint density at radius 1 is 0.562 bits per heavy atom. The Bertz CT molecular complexity index is 1120. The van der Waals surface area contributed by atoms with Crippen molar-refractivity contribution in [3.63, 3.8) is 0 Å². The van der Waals surface area contributed by atoms with E-state index in [1.165, 1.54) is 24.3 Å². The van der Waals surface area contributed by atoms with Crippen molar-refractivity contribution >= 4 is 35.7 Å². The Balaban J connectivity index is 0.000000244. The van der Waals surface area contributed by atoms with Crippen molar-refractivity contribution in [2.75, 3.05) is 0 Å². The quantitative estimate of drug-likeness (QED) is 0.408. The third-order valence-corrected chi connectivity index (χ3v) is 4.08. The van der Waals surface area contributed by atoms with Gasteiger partial charge in [-0.2, -0.15) is 20.0 Å². The van der Waals surface area contributed by atoms with Crippen molar-refractivity contribution in [3.05, 3.63) is 95.6 Å². The normalized spacial score (nSPS) is 9.88. The molecular formula is C24H16N4O4. The summed E-state index contributed by atoms with van der Waals surface area (Å²) in [5.41, 5.74) is 4.06. The summed E-state index contributed by atoms with van der Waals surface area (Å²) in [6.07, 6.45) is 5.67. The molecule has 0 N–H and O–H groups in total. The molecule has 3 rings (SSSR count). The third kappa shape index (κ3) is 7.90. The molecule has 0 saturated carbocycles. The molecule has 156 valence electrons. The fourth-order valence-corrected chi connectivity index (χ4v) is 2.62. The monoisotopic (exact) mass is 424 g/mol. The lowest BCUT2D eigenvalue weighted by atomic mass is 10.0. The average molecular weight is 424 g/mol. The van der Waals surface area contributed by atoms with E-state index in [0.29, 0.717) is 16.9 Å². The summed E-state index contributed by atoms with van der Waals surface area (Å²) in [6.45, 7) is 0. The molecule has 0 fully saturated rings. The van der Waals surface area contributed by atoms with E-state index in [-0.39, 0.29) is 0 Å². The van der Waals surface area contributed by atoms with Gasteiger partial charge < -0.3 is 0 Å². The molecule has 0 aliphatic rings. The molecule has 0 aliphatic heterocycles. The Labute approximate surface area is 183 Å². The maximum absolute atomic E-state index is 10.1. The van der Waals surface area contributed by atoms with Crippen molar-refractivity contribution < 1.29 is 19.2 Å². The molecule has 3 aromatic carbocycles. The molecule has 0 heterocycles. The topological polar surface area (TPSA) is 118 Å². The lowest BCUT2D eigenvalue weighted by Crippen LogP contribution is -1.89. The molecule has 8 heteroatoms. The van der Waals surface area contributed by atoms with Crippen molar-refractivity contribution in [2.24, 2.45) is 20.0 Å². The highest BCUT2D eigenvalue weighted by molar-refractivity contribution is 5.51. The number of rotatable bonds is 7. The molecule has 0 bridgehead atoms. The van der Waals surface area contributed by atoms with Crippen LogP contribution < -0.4 is 0 Å². The average Bonchev–Trinajstić information content (AvgIpc) is 2.83. The van der Waals surface area contributed by atoms with Crippen LogP contribution in [0.15, 0.2) is 98.8 Å². The second-order valence-electron chi connectivity index (χ2n) is 6.14. The van der Waals surface area contributed by atoms with Gasteiger partial charge in [-0.3, -0.25) is 0 Å². The van der Waals surface area contributed by atoms with Crippen molar-refractivity contribution in [3.8, 4) is 0 Å². The highest BCUT2D eigenvalue weighted by Crippen LogP contribution is 2.18. The van der Waals surface area contributed by atoms with Crippen LogP contribution in [0.1, 0.15) is 22.9 Å². The molecule has 0 saturated heterocycles. The number of benzene rings is 3. The number of isocyanates is 4. The first-order chi connectivity index (χ1) is 15.7. The van der Waals surface area contributed by atoms with Gasteiger partial charge in [-0.15, -0.1) is 0 Å². The van der Waals surface area contributed by atoms with E-state index in [9.17, 15) is 19.2 Å². The van der Waals surface area contributed by atoms with E-state index in [4.69, 9.17) is 0 Å². The van der Waals surface area contributed by atoms with E-state index in [0.717, 1.165) is 17.5 Å². The number of aliphatic imine (C=N–C) groups is 4. The lowest BCUT2D eigenvalue weighted by molar-refractivity contribution is 0.551. The van der Waals surface area contributed by atoms with E-state index in [1.807, 2.05) is 30.3 Å². The van der Waals surface area contributed by atoms with Gasteiger partial charge in [-0.05, 0) is 47.4 Å². The van der Waals surface area contributed by atoms with Gasteiger partial charge in [-0.25, -0.2) is 19.2 Å². The van der Waals surface area contributed by atoms with Crippen LogP contribution in [0.2, 0.25) is 0 Å². The summed E-state index contributed by atoms with van der Waals surface area (Å²) in [7, 11) is 0. The Morgan fingerprint density at radius 2 is 1.00 bits per heavy atom. The predicted molar refractivity (Wildman–Crippen MR) is 117 cm³/mol. The minimum absolute atomic E-state index is 0.592. The molecular weight excluding hydrogens is 408 g/mol. The summed E-state index contributed by atoms with van der Waals surface area (Å²) >= 11 is 0. The van der Waals surface area contributed by atoms with Gasteiger partial charge in [0, 0.05) is 0 Å². The Morgan fingerprint density at radius 3 is 1.38 bits per heavy atom. The third-order valence-electron chi connectivity index (χ3n) is 4.08. The number of nitrogens with zero attached hydrogens (tertiary/aromatic N) is 4. The van der Waals surface area contributed by atoms with Gasteiger partial charge in [0.15, 0.2) is 6.17 Å². The molecule has 0 aromatic heterocycles. The molecule has 32 heavy (non-hydrogen) atoms. The highest BCUT2D eigenvalue weighted by Gasteiger charge is 2.05. The van der Waals surface area contributed by atoms with Gasteiger partial charge in [0.25, 0.3) is 0 Å². The van der Waals surface area contributed by atoms with Crippen molar-refractivity contribution in [2.45, 2.75) is 12.6 Å². The summed E-state index contributed by atoms with van der Waals surface area (Å²) in [5.74, 6) is 0. The zero-order valence-corrected chi connectivity index (χ0v) is 16.7. The molecule has 0 spiro atoms. The Hall–Kier alpha value is -4.82. The second kappa shape index (κ2) is 13.4. The van der Waals surface area contributed by atoms with Crippen LogP contribution in [-0.4, -0.2) is 24.3 Å². The summed E-state index contributed by atoms with van der Waals surface area (Å²) in [5, 5.41) is 0. The standard InChI is InChI=1S/C15H10N2O2.C9H6N2O2/c18-10-16-14-5-1-12(2-6-14)9-13-3-7-15(8-4-13)17-11-19;12-6-10-9(11-7-13)8-4-2-1-3-5-8/h1-8H,9H2;1-5,9H. The van der Waals surface area contributed by atoms with Crippen LogP contribution in [-0.2, 0) is 25.6 Å². The van der Waals surface area contributed by atoms with Crippen LogP contribution in [0.4, 0.5) is 11.4 Å². The number of hydrogen-bond donors (Lipinski definition) is 0. The molecule has 3 aromatic rings. The first-order valence-corrected chi connectivity index (χ1v) is 9.22. The van der Waals surface area contributed by atoms with E-state index < -0.39 is 6.17 Å². The predicted octanol–water partition coefficient (Wildman–Crippen LogP) is 4.57. The highest BCUT2D eigenvalue weighted by atomic mass is 16.1. The lowest BCUT2D eigenvalue weighted by Gasteiger charge is -2.02. The van der Waals surface area contributed by atoms with Crippen LogP contribution >= 0.6 is 0 Å².